The van der Waals surface area contributed by atoms with Crippen molar-refractivity contribution in [2.24, 2.45) is 0 Å². The molecule has 0 spiro atoms. The van der Waals surface area contributed by atoms with E-state index in [-0.39, 0.29) is 23.5 Å². The molecular formula is C20H23F3N2O3S. The molecule has 3 rings (SSSR count). The predicted octanol–water partition coefficient (Wildman–Crippen LogP) is 4.10. The molecule has 1 amide bonds. The first kappa shape index (κ1) is 22.9. The maximum atomic E-state index is 12.9. The number of nitrogens with zero attached hydrogens (tertiary/aromatic N) is 1. The van der Waals surface area contributed by atoms with Gasteiger partial charge in [-0.05, 0) is 54.9 Å². The lowest BCUT2D eigenvalue weighted by Crippen LogP contribution is -2.27. The second-order valence-electron chi connectivity index (χ2n) is 6.33. The van der Waals surface area contributed by atoms with E-state index in [1.807, 2.05) is 13.8 Å². The Kier molecular flexibility index (Phi) is 6.74. The zero-order chi connectivity index (χ0) is 22.0. The third-order valence-electron chi connectivity index (χ3n) is 4.56. The van der Waals surface area contributed by atoms with Crippen LogP contribution >= 0.6 is 0 Å². The molecule has 0 aromatic heterocycles. The van der Waals surface area contributed by atoms with Crippen molar-refractivity contribution in [3.63, 3.8) is 0 Å². The Labute approximate surface area is 168 Å². The SMILES string of the molecule is CC.CNS(=O)(=O)c1ccc(C)c(C(=O)N2Cc3ccc(C(F)(F)F)cc3C2)c1. The van der Waals surface area contributed by atoms with E-state index in [2.05, 4.69) is 4.72 Å². The number of carbonyl (C=O) groups is 1. The van der Waals surface area contributed by atoms with Gasteiger partial charge in [0.25, 0.3) is 5.91 Å². The molecule has 0 saturated carbocycles. The lowest BCUT2D eigenvalue weighted by molar-refractivity contribution is -0.137. The molecule has 1 aliphatic rings. The van der Waals surface area contributed by atoms with Crippen molar-refractivity contribution in [1.29, 1.82) is 0 Å². The van der Waals surface area contributed by atoms with E-state index in [4.69, 9.17) is 0 Å². The van der Waals surface area contributed by atoms with Gasteiger partial charge in [-0.25, -0.2) is 13.1 Å². The van der Waals surface area contributed by atoms with Crippen molar-refractivity contribution in [3.05, 3.63) is 64.2 Å². The van der Waals surface area contributed by atoms with Gasteiger partial charge in [0.1, 0.15) is 0 Å². The fraction of sp³-hybridized carbons (Fsp3) is 0.350. The summed E-state index contributed by atoms with van der Waals surface area (Å²) < 4.78 is 64.8. The first-order valence-electron chi connectivity index (χ1n) is 9.05. The Morgan fingerprint density at radius 3 is 2.24 bits per heavy atom. The van der Waals surface area contributed by atoms with Crippen LogP contribution in [-0.4, -0.2) is 26.3 Å². The highest BCUT2D eigenvalue weighted by Crippen LogP contribution is 2.33. The molecule has 29 heavy (non-hydrogen) atoms. The lowest BCUT2D eigenvalue weighted by atomic mass is 10.1. The fourth-order valence-corrected chi connectivity index (χ4v) is 3.76. The number of halogens is 3. The second-order valence-corrected chi connectivity index (χ2v) is 8.21. The van der Waals surface area contributed by atoms with Crippen LogP contribution in [0.1, 0.15) is 46.5 Å². The van der Waals surface area contributed by atoms with Crippen molar-refractivity contribution < 1.29 is 26.4 Å². The molecule has 2 aromatic rings. The third-order valence-corrected chi connectivity index (χ3v) is 5.97. The molecule has 158 valence electrons. The van der Waals surface area contributed by atoms with E-state index >= 15 is 0 Å². The van der Waals surface area contributed by atoms with E-state index in [0.717, 1.165) is 12.1 Å². The van der Waals surface area contributed by atoms with Crippen molar-refractivity contribution in [1.82, 2.24) is 9.62 Å². The van der Waals surface area contributed by atoms with Crippen LogP contribution in [0.2, 0.25) is 0 Å². The Bertz CT molecular complexity index is 1020. The lowest BCUT2D eigenvalue weighted by Gasteiger charge is -2.17. The summed E-state index contributed by atoms with van der Waals surface area (Å²) in [7, 11) is -2.45. The minimum atomic E-state index is -4.45. The van der Waals surface area contributed by atoms with Gasteiger partial charge in [0.15, 0.2) is 0 Å². The van der Waals surface area contributed by atoms with E-state index in [1.165, 1.54) is 36.2 Å². The number of benzene rings is 2. The van der Waals surface area contributed by atoms with Crippen molar-refractivity contribution in [2.45, 2.75) is 44.9 Å². The number of hydrogen-bond donors (Lipinski definition) is 1. The van der Waals surface area contributed by atoms with Gasteiger partial charge >= 0.3 is 6.18 Å². The van der Waals surface area contributed by atoms with Crippen LogP contribution < -0.4 is 4.72 Å². The molecule has 1 N–H and O–H groups in total. The minimum Gasteiger partial charge on any atom is -0.330 e. The van der Waals surface area contributed by atoms with Crippen LogP contribution in [-0.2, 0) is 29.3 Å². The van der Waals surface area contributed by atoms with Gasteiger partial charge in [-0.2, -0.15) is 13.2 Å². The number of rotatable bonds is 3. The summed E-state index contributed by atoms with van der Waals surface area (Å²) in [5, 5.41) is 0. The van der Waals surface area contributed by atoms with Gasteiger partial charge in [-0.15, -0.1) is 0 Å². The van der Waals surface area contributed by atoms with Crippen molar-refractivity contribution in [2.75, 3.05) is 7.05 Å². The molecular weight excluding hydrogens is 405 g/mol. The minimum absolute atomic E-state index is 0.0422. The van der Waals surface area contributed by atoms with Gasteiger partial charge in [-0.1, -0.05) is 26.0 Å². The molecule has 0 unspecified atom stereocenters. The number of nitrogens with one attached hydrogen (secondary N) is 1. The summed E-state index contributed by atoms with van der Waals surface area (Å²) in [6, 6.07) is 7.64. The maximum absolute atomic E-state index is 12.9. The number of aryl methyl sites for hydroxylation is 1. The van der Waals surface area contributed by atoms with Crippen LogP contribution in [0.25, 0.3) is 0 Å². The number of alkyl halides is 3. The van der Waals surface area contributed by atoms with Crippen molar-refractivity contribution >= 4 is 15.9 Å². The molecule has 0 atom stereocenters. The molecule has 0 fully saturated rings. The largest absolute Gasteiger partial charge is 0.416 e. The van der Waals surface area contributed by atoms with Gasteiger partial charge in [-0.3, -0.25) is 4.79 Å². The predicted molar refractivity (Wildman–Crippen MR) is 104 cm³/mol. The van der Waals surface area contributed by atoms with E-state index < -0.39 is 27.7 Å². The Morgan fingerprint density at radius 1 is 1.03 bits per heavy atom. The normalized spacial score (nSPS) is 13.6. The zero-order valence-corrected chi connectivity index (χ0v) is 17.4. The van der Waals surface area contributed by atoms with Crippen LogP contribution in [0.15, 0.2) is 41.3 Å². The molecule has 2 aromatic carbocycles. The topological polar surface area (TPSA) is 66.5 Å². The molecule has 0 aliphatic carbocycles. The maximum Gasteiger partial charge on any atom is 0.416 e. The van der Waals surface area contributed by atoms with Gasteiger partial charge in [0.05, 0.1) is 10.5 Å². The zero-order valence-electron chi connectivity index (χ0n) is 16.6. The highest BCUT2D eigenvalue weighted by atomic mass is 32.2. The van der Waals surface area contributed by atoms with Gasteiger partial charge in [0.2, 0.25) is 10.0 Å². The summed E-state index contributed by atoms with van der Waals surface area (Å²) in [6.07, 6.45) is -4.45. The summed E-state index contributed by atoms with van der Waals surface area (Å²) in [4.78, 5) is 14.2. The van der Waals surface area contributed by atoms with Crippen LogP contribution in [0.3, 0.4) is 0 Å². The average Bonchev–Trinajstić information content (AvgIpc) is 3.12. The van der Waals surface area contributed by atoms with Crippen LogP contribution in [0.5, 0.6) is 0 Å². The first-order chi connectivity index (χ1) is 13.5. The number of sulfonamides is 1. The number of carbonyl (C=O) groups excluding carboxylic acids is 1. The number of amides is 1. The Hall–Kier alpha value is -2.39. The van der Waals surface area contributed by atoms with E-state index in [1.54, 1.807) is 6.92 Å². The summed E-state index contributed by atoms with van der Waals surface area (Å²) in [5.41, 5.74) is 1.12. The Balaban J connectivity index is 0.00000145. The molecule has 0 saturated heterocycles. The standard InChI is InChI=1S/C18H17F3N2O3S.C2H6/c1-11-3-6-15(27(25,26)22-2)8-16(11)17(24)23-9-12-4-5-14(18(19,20)21)7-13(12)10-23;1-2/h3-8,22H,9-10H2,1-2H3;1-2H3. The monoisotopic (exact) mass is 428 g/mol. The summed E-state index contributed by atoms with van der Waals surface area (Å²) in [6.45, 7) is 5.89. The molecule has 1 aliphatic heterocycles. The van der Waals surface area contributed by atoms with Crippen molar-refractivity contribution in [3.8, 4) is 0 Å². The smallest absolute Gasteiger partial charge is 0.330 e. The number of hydrogen-bond acceptors (Lipinski definition) is 3. The highest BCUT2D eigenvalue weighted by molar-refractivity contribution is 7.89. The van der Waals surface area contributed by atoms with Gasteiger partial charge in [0, 0.05) is 18.7 Å². The number of fused-ring (bicyclic) bond motifs is 1. The second kappa shape index (κ2) is 8.54. The average molecular weight is 428 g/mol. The molecule has 0 bridgehead atoms. The first-order valence-corrected chi connectivity index (χ1v) is 10.5. The Morgan fingerprint density at radius 2 is 1.66 bits per heavy atom. The summed E-state index contributed by atoms with van der Waals surface area (Å²) in [5.74, 6) is -0.426. The fourth-order valence-electron chi connectivity index (χ4n) is 3.00. The van der Waals surface area contributed by atoms with Crippen LogP contribution in [0.4, 0.5) is 13.2 Å². The van der Waals surface area contributed by atoms with E-state index in [9.17, 15) is 26.4 Å². The summed E-state index contributed by atoms with van der Waals surface area (Å²) >= 11 is 0. The molecule has 5 nitrogen and oxygen atoms in total. The van der Waals surface area contributed by atoms with Gasteiger partial charge < -0.3 is 4.90 Å². The highest BCUT2D eigenvalue weighted by Gasteiger charge is 2.33. The van der Waals surface area contributed by atoms with E-state index in [0.29, 0.717) is 16.7 Å². The quantitative estimate of drug-likeness (QED) is 0.800. The molecule has 1 heterocycles. The molecule has 9 heteroatoms. The molecule has 0 radical (unpaired) electrons. The third kappa shape index (κ3) is 4.79. The van der Waals surface area contributed by atoms with Crippen LogP contribution in [0, 0.1) is 6.92 Å².